The molecule has 0 radical (unpaired) electrons. The lowest BCUT2D eigenvalue weighted by molar-refractivity contribution is -0.116. The molecular formula is C18H24N4O. The van der Waals surface area contributed by atoms with Crippen LogP contribution in [-0.4, -0.2) is 23.0 Å². The molecule has 1 saturated carbocycles. The van der Waals surface area contributed by atoms with E-state index in [-0.39, 0.29) is 16.9 Å². The third kappa shape index (κ3) is 2.72. The fourth-order valence-electron chi connectivity index (χ4n) is 3.57. The van der Waals surface area contributed by atoms with E-state index in [2.05, 4.69) is 37.1 Å². The van der Waals surface area contributed by atoms with Crippen molar-refractivity contribution in [1.29, 1.82) is 5.26 Å². The second-order valence-corrected chi connectivity index (χ2v) is 7.73. The van der Waals surface area contributed by atoms with E-state index in [1.54, 1.807) is 6.92 Å². The number of nitrogens with zero attached hydrogens (tertiary/aromatic N) is 3. The van der Waals surface area contributed by atoms with E-state index in [0.29, 0.717) is 18.8 Å². The van der Waals surface area contributed by atoms with Gasteiger partial charge in [0.1, 0.15) is 11.8 Å². The van der Waals surface area contributed by atoms with Gasteiger partial charge in [0.05, 0.1) is 11.4 Å². The van der Waals surface area contributed by atoms with Gasteiger partial charge in [0.15, 0.2) is 0 Å². The number of aromatic nitrogens is 1. The molecule has 0 bridgehead atoms. The number of nitriles is 1. The Hall–Kier alpha value is -1.93. The smallest absolute Gasteiger partial charge is 0.223 e. The molecule has 1 fully saturated rings. The highest BCUT2D eigenvalue weighted by Gasteiger charge is 2.41. The molecule has 3 rings (SSSR count). The second kappa shape index (κ2) is 5.31. The van der Waals surface area contributed by atoms with E-state index in [9.17, 15) is 10.1 Å². The minimum absolute atomic E-state index is 0.0273. The number of hydrogen-bond acceptors (Lipinski definition) is 4. The highest BCUT2D eigenvalue weighted by molar-refractivity contribution is 5.95. The van der Waals surface area contributed by atoms with Gasteiger partial charge in [0, 0.05) is 31.0 Å². The van der Waals surface area contributed by atoms with E-state index < -0.39 is 0 Å². The molecule has 0 saturated heterocycles. The molecule has 2 aliphatic rings. The molecule has 5 heteroatoms. The van der Waals surface area contributed by atoms with Gasteiger partial charge < -0.3 is 10.2 Å². The molecule has 0 spiro atoms. The number of anilines is 1. The maximum atomic E-state index is 12.1. The van der Waals surface area contributed by atoms with Gasteiger partial charge in [-0.25, -0.2) is 4.98 Å². The lowest BCUT2D eigenvalue weighted by atomic mass is 9.78. The summed E-state index contributed by atoms with van der Waals surface area (Å²) in [6.45, 7) is 9.25. The zero-order valence-corrected chi connectivity index (χ0v) is 14.4. The predicted molar refractivity (Wildman–Crippen MR) is 89.1 cm³/mol. The minimum atomic E-state index is -0.233. The Morgan fingerprint density at radius 3 is 2.65 bits per heavy atom. The van der Waals surface area contributed by atoms with Gasteiger partial charge >= 0.3 is 0 Å². The van der Waals surface area contributed by atoms with Gasteiger partial charge in [0.2, 0.25) is 5.91 Å². The fraction of sp³-hybridized carbons (Fsp3) is 0.611. The van der Waals surface area contributed by atoms with E-state index in [4.69, 9.17) is 0 Å². The first-order chi connectivity index (χ1) is 10.8. The van der Waals surface area contributed by atoms with Gasteiger partial charge in [-0.1, -0.05) is 13.8 Å². The van der Waals surface area contributed by atoms with Crippen molar-refractivity contribution < 1.29 is 4.79 Å². The van der Waals surface area contributed by atoms with Crippen LogP contribution in [0.25, 0.3) is 0 Å². The van der Waals surface area contributed by atoms with Crippen molar-refractivity contribution in [2.75, 3.05) is 11.4 Å². The number of fused-ring (bicyclic) bond motifs is 1. The average Bonchev–Trinajstić information content (AvgIpc) is 2.75. The van der Waals surface area contributed by atoms with Crippen LogP contribution < -0.4 is 10.2 Å². The first-order valence-corrected chi connectivity index (χ1v) is 8.23. The maximum absolute atomic E-state index is 12.1. The van der Waals surface area contributed by atoms with Crippen molar-refractivity contribution in [2.24, 2.45) is 0 Å². The predicted octanol–water partition coefficient (Wildman–Crippen LogP) is 2.63. The summed E-state index contributed by atoms with van der Waals surface area (Å²) in [7, 11) is 0. The summed E-state index contributed by atoms with van der Waals surface area (Å²) in [6, 6.07) is 3.99. The Kier molecular flexibility index (Phi) is 3.68. The van der Waals surface area contributed by atoms with Crippen LogP contribution in [0.15, 0.2) is 6.07 Å². The maximum Gasteiger partial charge on any atom is 0.223 e. The summed E-state index contributed by atoms with van der Waals surface area (Å²) >= 11 is 0. The molecule has 5 nitrogen and oxygen atoms in total. The van der Waals surface area contributed by atoms with Crippen molar-refractivity contribution >= 4 is 11.6 Å². The van der Waals surface area contributed by atoms with Crippen molar-refractivity contribution in [2.45, 2.75) is 64.5 Å². The largest absolute Gasteiger partial charge is 0.310 e. The molecule has 122 valence electrons. The Labute approximate surface area is 137 Å². The zero-order chi connectivity index (χ0) is 16.8. The molecule has 23 heavy (non-hydrogen) atoms. The van der Waals surface area contributed by atoms with Gasteiger partial charge in [-0.3, -0.25) is 4.79 Å². The number of amides is 1. The summed E-state index contributed by atoms with van der Waals surface area (Å²) in [4.78, 5) is 18.4. The van der Waals surface area contributed by atoms with Crippen molar-refractivity contribution in [3.8, 4) is 6.07 Å². The third-order valence-electron chi connectivity index (χ3n) is 5.19. The van der Waals surface area contributed by atoms with Gasteiger partial charge in [-0.2, -0.15) is 5.26 Å². The normalized spacial score (nSPS) is 20.6. The van der Waals surface area contributed by atoms with Gasteiger partial charge in [0.25, 0.3) is 0 Å². The van der Waals surface area contributed by atoms with Gasteiger partial charge in [-0.15, -0.1) is 0 Å². The lowest BCUT2D eigenvalue weighted by Crippen LogP contribution is -2.47. The van der Waals surface area contributed by atoms with E-state index in [0.717, 1.165) is 16.9 Å². The molecule has 0 unspecified atom stereocenters. The van der Waals surface area contributed by atoms with Crippen LogP contribution >= 0.6 is 0 Å². The molecular weight excluding hydrogens is 288 g/mol. The van der Waals surface area contributed by atoms with Crippen LogP contribution in [0.4, 0.5) is 5.69 Å². The SMILES string of the molecule is CC(=O)N1CC(C)(C)c2nc(C#N)cc(CNC3(C)CCC3)c21. The molecule has 1 aromatic heterocycles. The number of rotatable bonds is 3. The molecule has 2 heterocycles. The van der Waals surface area contributed by atoms with E-state index >= 15 is 0 Å². The summed E-state index contributed by atoms with van der Waals surface area (Å²) in [5, 5.41) is 12.9. The van der Waals surface area contributed by atoms with Crippen LogP contribution in [0, 0.1) is 11.3 Å². The summed E-state index contributed by atoms with van der Waals surface area (Å²) in [5.41, 5.74) is 3.14. The Bertz CT molecular complexity index is 698. The number of pyridine rings is 1. The molecule has 0 atom stereocenters. The van der Waals surface area contributed by atoms with Crippen LogP contribution in [-0.2, 0) is 16.8 Å². The molecule has 1 aliphatic carbocycles. The topological polar surface area (TPSA) is 69.0 Å². The van der Waals surface area contributed by atoms with Crippen LogP contribution in [0.1, 0.15) is 63.9 Å². The monoisotopic (exact) mass is 312 g/mol. The lowest BCUT2D eigenvalue weighted by Gasteiger charge is -2.39. The third-order valence-corrected chi connectivity index (χ3v) is 5.19. The highest BCUT2D eigenvalue weighted by atomic mass is 16.2. The standard InChI is InChI=1S/C18H24N4O/c1-12(23)22-11-17(2,3)16-15(22)13(8-14(9-19)21-16)10-20-18(4)6-5-7-18/h8,20H,5-7,10-11H2,1-4H3. The molecule has 1 aromatic rings. The highest BCUT2D eigenvalue weighted by Crippen LogP contribution is 2.42. The van der Waals surface area contributed by atoms with Crippen LogP contribution in [0.3, 0.4) is 0 Å². The Balaban J connectivity index is 2.03. The number of carbonyl (C=O) groups excluding carboxylic acids is 1. The second-order valence-electron chi connectivity index (χ2n) is 7.73. The molecule has 1 aliphatic heterocycles. The fourth-order valence-corrected chi connectivity index (χ4v) is 3.57. The molecule has 0 aromatic carbocycles. The number of hydrogen-bond donors (Lipinski definition) is 1. The Morgan fingerprint density at radius 1 is 1.43 bits per heavy atom. The minimum Gasteiger partial charge on any atom is -0.310 e. The number of carbonyl (C=O) groups is 1. The van der Waals surface area contributed by atoms with Crippen LogP contribution in [0.5, 0.6) is 0 Å². The van der Waals surface area contributed by atoms with Gasteiger partial charge in [-0.05, 0) is 37.8 Å². The van der Waals surface area contributed by atoms with Crippen molar-refractivity contribution in [3.05, 3.63) is 23.0 Å². The van der Waals surface area contributed by atoms with Crippen LogP contribution in [0.2, 0.25) is 0 Å². The summed E-state index contributed by atoms with van der Waals surface area (Å²) < 4.78 is 0. The Morgan fingerprint density at radius 2 is 2.13 bits per heavy atom. The van der Waals surface area contributed by atoms with Crippen molar-refractivity contribution in [3.63, 3.8) is 0 Å². The molecule has 1 N–H and O–H groups in total. The number of nitrogens with one attached hydrogen (secondary N) is 1. The summed E-state index contributed by atoms with van der Waals surface area (Å²) in [6.07, 6.45) is 3.61. The van der Waals surface area contributed by atoms with E-state index in [1.165, 1.54) is 19.3 Å². The van der Waals surface area contributed by atoms with Crippen molar-refractivity contribution in [1.82, 2.24) is 10.3 Å². The molecule has 1 amide bonds. The van der Waals surface area contributed by atoms with E-state index in [1.807, 2.05) is 11.0 Å². The average molecular weight is 312 g/mol. The first-order valence-electron chi connectivity index (χ1n) is 8.23. The first kappa shape index (κ1) is 15.9. The summed E-state index contributed by atoms with van der Waals surface area (Å²) in [5.74, 6) is 0.0273. The quantitative estimate of drug-likeness (QED) is 0.931. The zero-order valence-electron chi connectivity index (χ0n) is 14.4.